The lowest BCUT2D eigenvalue weighted by Gasteiger charge is -2.05. The molecule has 15 heavy (non-hydrogen) atoms. The average molecular weight is 232 g/mol. The van der Waals surface area contributed by atoms with E-state index < -0.39 is 0 Å². The molecule has 0 amide bonds. The molecule has 0 N–H and O–H groups in total. The molecular formula is C10H14ClNO3. The van der Waals surface area contributed by atoms with Crippen LogP contribution in [0.1, 0.15) is 0 Å². The Balaban J connectivity index is 2.10. The molecular weight excluding hydrogens is 218 g/mol. The molecule has 0 radical (unpaired) electrons. The van der Waals surface area contributed by atoms with Crippen molar-refractivity contribution in [3.8, 4) is 5.88 Å². The van der Waals surface area contributed by atoms with Crippen LogP contribution in [-0.2, 0) is 9.47 Å². The smallest absolute Gasteiger partial charge is 0.214 e. The zero-order valence-corrected chi connectivity index (χ0v) is 9.37. The number of hydrogen-bond acceptors (Lipinski definition) is 4. The van der Waals surface area contributed by atoms with E-state index >= 15 is 0 Å². The normalized spacial score (nSPS) is 10.3. The fourth-order valence-electron chi connectivity index (χ4n) is 0.914. The molecule has 0 atom stereocenters. The van der Waals surface area contributed by atoms with Crippen molar-refractivity contribution in [3.63, 3.8) is 0 Å². The molecule has 1 aromatic heterocycles. The van der Waals surface area contributed by atoms with Gasteiger partial charge in [-0.25, -0.2) is 4.98 Å². The number of ether oxygens (including phenoxy) is 3. The van der Waals surface area contributed by atoms with E-state index in [4.69, 9.17) is 25.8 Å². The van der Waals surface area contributed by atoms with E-state index in [1.165, 1.54) is 0 Å². The molecule has 0 saturated heterocycles. The summed E-state index contributed by atoms with van der Waals surface area (Å²) < 4.78 is 15.3. The number of nitrogens with zero attached hydrogens (tertiary/aromatic N) is 1. The van der Waals surface area contributed by atoms with Gasteiger partial charge in [0.05, 0.1) is 19.8 Å². The highest BCUT2D eigenvalue weighted by Crippen LogP contribution is 2.13. The second-order valence-electron chi connectivity index (χ2n) is 2.77. The molecule has 0 bridgehead atoms. The van der Waals surface area contributed by atoms with Crippen LogP contribution < -0.4 is 4.74 Å². The van der Waals surface area contributed by atoms with Crippen molar-refractivity contribution >= 4 is 11.6 Å². The lowest BCUT2D eigenvalue weighted by molar-refractivity contribution is 0.0537. The largest absolute Gasteiger partial charge is 0.475 e. The first-order valence-corrected chi connectivity index (χ1v) is 5.02. The molecule has 5 heteroatoms. The molecule has 0 fully saturated rings. The second-order valence-corrected chi connectivity index (χ2v) is 3.20. The van der Waals surface area contributed by atoms with E-state index in [1.54, 1.807) is 25.4 Å². The third kappa shape index (κ3) is 5.57. The highest BCUT2D eigenvalue weighted by atomic mass is 35.5. The summed E-state index contributed by atoms with van der Waals surface area (Å²) in [5, 5.41) is 0.611. The van der Waals surface area contributed by atoms with Crippen LogP contribution in [-0.4, -0.2) is 38.5 Å². The third-order valence-electron chi connectivity index (χ3n) is 1.61. The molecule has 4 nitrogen and oxygen atoms in total. The minimum absolute atomic E-state index is 0.455. The number of pyridine rings is 1. The molecule has 0 aromatic carbocycles. The van der Waals surface area contributed by atoms with Gasteiger partial charge in [-0.1, -0.05) is 11.6 Å². The lowest BCUT2D eigenvalue weighted by Crippen LogP contribution is -2.10. The Labute approximate surface area is 94.1 Å². The van der Waals surface area contributed by atoms with E-state index in [1.807, 2.05) is 0 Å². The van der Waals surface area contributed by atoms with Gasteiger partial charge < -0.3 is 14.2 Å². The van der Waals surface area contributed by atoms with E-state index in [0.717, 1.165) is 0 Å². The summed E-state index contributed by atoms with van der Waals surface area (Å²) in [4.78, 5) is 3.99. The first-order valence-electron chi connectivity index (χ1n) is 4.64. The number of methoxy groups -OCH3 is 1. The standard InChI is InChI=1S/C10H14ClNO3/c1-13-4-5-14-6-7-15-10-8-9(11)2-3-12-10/h2-3,8H,4-7H2,1H3. The van der Waals surface area contributed by atoms with Crippen LogP contribution in [0.15, 0.2) is 18.3 Å². The quantitative estimate of drug-likeness (QED) is 0.671. The Morgan fingerprint density at radius 3 is 2.80 bits per heavy atom. The molecule has 0 spiro atoms. The van der Waals surface area contributed by atoms with Crippen molar-refractivity contribution in [2.24, 2.45) is 0 Å². The van der Waals surface area contributed by atoms with Crippen molar-refractivity contribution in [3.05, 3.63) is 23.4 Å². The Kier molecular flexibility index (Phi) is 6.08. The summed E-state index contributed by atoms with van der Waals surface area (Å²) in [5.74, 6) is 0.512. The second kappa shape index (κ2) is 7.45. The maximum Gasteiger partial charge on any atom is 0.214 e. The van der Waals surface area contributed by atoms with Gasteiger partial charge in [0.15, 0.2) is 0 Å². The summed E-state index contributed by atoms with van der Waals surface area (Å²) >= 11 is 5.76. The van der Waals surface area contributed by atoms with Gasteiger partial charge >= 0.3 is 0 Å². The molecule has 84 valence electrons. The van der Waals surface area contributed by atoms with Gasteiger partial charge in [-0.05, 0) is 6.07 Å². The Bertz CT molecular complexity index is 283. The van der Waals surface area contributed by atoms with Crippen molar-refractivity contribution in [2.75, 3.05) is 33.5 Å². The van der Waals surface area contributed by atoms with Gasteiger partial charge in [0, 0.05) is 24.4 Å². The Hall–Kier alpha value is -0.840. The Morgan fingerprint density at radius 2 is 2.07 bits per heavy atom. The van der Waals surface area contributed by atoms with Crippen LogP contribution in [0.5, 0.6) is 5.88 Å². The zero-order valence-electron chi connectivity index (χ0n) is 8.61. The van der Waals surface area contributed by atoms with Crippen molar-refractivity contribution in [1.29, 1.82) is 0 Å². The molecule has 0 aliphatic rings. The predicted molar refractivity (Wildman–Crippen MR) is 57.4 cm³/mol. The van der Waals surface area contributed by atoms with Gasteiger partial charge in [0.2, 0.25) is 5.88 Å². The summed E-state index contributed by atoms with van der Waals surface area (Å²) in [6.07, 6.45) is 1.60. The van der Waals surface area contributed by atoms with Gasteiger partial charge in [-0.15, -0.1) is 0 Å². The minimum atomic E-state index is 0.455. The monoisotopic (exact) mass is 231 g/mol. The molecule has 1 heterocycles. The van der Waals surface area contributed by atoms with Crippen LogP contribution in [0, 0.1) is 0 Å². The van der Waals surface area contributed by atoms with Crippen molar-refractivity contribution in [1.82, 2.24) is 4.98 Å². The third-order valence-corrected chi connectivity index (χ3v) is 1.84. The van der Waals surface area contributed by atoms with E-state index in [2.05, 4.69) is 4.98 Å². The van der Waals surface area contributed by atoms with Gasteiger partial charge in [0.1, 0.15) is 6.61 Å². The van der Waals surface area contributed by atoms with E-state index in [0.29, 0.717) is 37.3 Å². The molecule has 1 aromatic rings. The van der Waals surface area contributed by atoms with Crippen LogP contribution in [0.4, 0.5) is 0 Å². The number of rotatable bonds is 7. The number of halogens is 1. The van der Waals surface area contributed by atoms with Crippen LogP contribution in [0.3, 0.4) is 0 Å². The first-order chi connectivity index (χ1) is 7.33. The zero-order chi connectivity index (χ0) is 10.9. The summed E-state index contributed by atoms with van der Waals surface area (Å²) in [6.45, 7) is 2.13. The van der Waals surface area contributed by atoms with Crippen LogP contribution in [0.2, 0.25) is 5.02 Å². The molecule has 0 unspecified atom stereocenters. The average Bonchev–Trinajstić information content (AvgIpc) is 2.23. The number of aromatic nitrogens is 1. The predicted octanol–water partition coefficient (Wildman–Crippen LogP) is 1.78. The van der Waals surface area contributed by atoms with Crippen molar-refractivity contribution in [2.45, 2.75) is 0 Å². The maximum atomic E-state index is 5.76. The molecule has 0 saturated carbocycles. The Morgan fingerprint density at radius 1 is 1.27 bits per heavy atom. The summed E-state index contributed by atoms with van der Waals surface area (Å²) in [7, 11) is 1.63. The fraction of sp³-hybridized carbons (Fsp3) is 0.500. The minimum Gasteiger partial charge on any atom is -0.475 e. The first kappa shape index (κ1) is 12.2. The van der Waals surface area contributed by atoms with E-state index in [9.17, 15) is 0 Å². The molecule has 0 aliphatic heterocycles. The maximum absolute atomic E-state index is 5.76. The van der Waals surface area contributed by atoms with E-state index in [-0.39, 0.29) is 0 Å². The summed E-state index contributed by atoms with van der Waals surface area (Å²) in [5.41, 5.74) is 0. The topological polar surface area (TPSA) is 40.6 Å². The highest BCUT2D eigenvalue weighted by Gasteiger charge is 1.96. The SMILES string of the molecule is COCCOCCOc1cc(Cl)ccn1. The fourth-order valence-corrected chi connectivity index (χ4v) is 1.06. The van der Waals surface area contributed by atoms with Gasteiger partial charge in [0.25, 0.3) is 0 Å². The van der Waals surface area contributed by atoms with Gasteiger partial charge in [-0.3, -0.25) is 0 Å². The van der Waals surface area contributed by atoms with Crippen molar-refractivity contribution < 1.29 is 14.2 Å². The highest BCUT2D eigenvalue weighted by molar-refractivity contribution is 6.30. The summed E-state index contributed by atoms with van der Waals surface area (Å²) in [6, 6.07) is 3.36. The lowest BCUT2D eigenvalue weighted by atomic mass is 10.5. The number of hydrogen-bond donors (Lipinski definition) is 0. The van der Waals surface area contributed by atoms with Crippen LogP contribution >= 0.6 is 11.6 Å². The molecule has 1 rings (SSSR count). The molecule has 0 aliphatic carbocycles. The van der Waals surface area contributed by atoms with Crippen LogP contribution in [0.25, 0.3) is 0 Å². The van der Waals surface area contributed by atoms with Gasteiger partial charge in [-0.2, -0.15) is 0 Å².